The molecule has 0 N–H and O–H groups in total. The molecule has 1 aliphatic carbocycles. The van der Waals surface area contributed by atoms with E-state index in [0.29, 0.717) is 0 Å². The summed E-state index contributed by atoms with van der Waals surface area (Å²) in [6.07, 6.45) is 0. The van der Waals surface area contributed by atoms with Gasteiger partial charge >= 0.3 is 117 Å². The van der Waals surface area contributed by atoms with Crippen LogP contribution < -0.4 is 0 Å². The normalized spacial score (nSPS) is 25.9. The topological polar surface area (TPSA) is 0 Å². The molecule has 0 unspecified atom stereocenters. The predicted molar refractivity (Wildman–Crippen MR) is 74.4 cm³/mol. The second-order valence-electron chi connectivity index (χ2n) is 4.25. The minimum absolute atomic E-state index is 0.859. The molecule has 0 bridgehead atoms. The SMILES string of the molecule is CC1=C(C)[C](C)([Ir]([Cl])([Cl])([Cl])([Cl])[Cl])C(C)=C1C. The predicted octanol–water partition coefficient (Wildman–Crippen LogP) is 6.85. The van der Waals surface area contributed by atoms with Crippen molar-refractivity contribution < 1.29 is 7.82 Å². The second kappa shape index (κ2) is 3.37. The molecule has 0 fully saturated rings. The first-order valence-corrected chi connectivity index (χ1v) is 20.6. The van der Waals surface area contributed by atoms with Crippen molar-refractivity contribution >= 4 is 47.9 Å². The Labute approximate surface area is 115 Å². The first-order valence-electron chi connectivity index (χ1n) is 4.55. The van der Waals surface area contributed by atoms with Crippen molar-refractivity contribution in [2.24, 2.45) is 0 Å². The summed E-state index contributed by atoms with van der Waals surface area (Å²) in [5.74, 6) is 0. The van der Waals surface area contributed by atoms with Gasteiger partial charge < -0.3 is 0 Å². The molecule has 0 radical (unpaired) electrons. The summed E-state index contributed by atoms with van der Waals surface area (Å²) in [7, 11) is 25.9. The molecule has 16 heavy (non-hydrogen) atoms. The van der Waals surface area contributed by atoms with Crippen molar-refractivity contribution in [2.75, 3.05) is 0 Å². The third-order valence-electron chi connectivity index (χ3n) is 3.69. The fraction of sp³-hybridized carbons (Fsp3) is 0.600. The van der Waals surface area contributed by atoms with Gasteiger partial charge in [0.25, 0.3) is 0 Å². The van der Waals surface area contributed by atoms with Crippen molar-refractivity contribution in [1.29, 1.82) is 0 Å². The Balaban J connectivity index is 3.72. The van der Waals surface area contributed by atoms with Gasteiger partial charge in [-0.3, -0.25) is 0 Å². The van der Waals surface area contributed by atoms with Gasteiger partial charge in [0, 0.05) is 0 Å². The summed E-state index contributed by atoms with van der Waals surface area (Å²) in [5, 5.41) is 0. The number of rotatable bonds is 1. The van der Waals surface area contributed by atoms with E-state index >= 15 is 0 Å². The molecular weight excluding hydrogens is 490 g/mol. The Bertz CT molecular complexity index is 399. The molecule has 0 aromatic heterocycles. The summed E-state index contributed by atoms with van der Waals surface area (Å²) >= 11 is 0. The van der Waals surface area contributed by atoms with Crippen LogP contribution in [0.2, 0.25) is 3.93 Å². The maximum atomic E-state index is 6.29. The van der Waals surface area contributed by atoms with Gasteiger partial charge in [-0.25, -0.2) is 0 Å². The number of hydrogen-bond acceptors (Lipinski definition) is 0. The van der Waals surface area contributed by atoms with E-state index in [1.807, 2.05) is 34.6 Å². The van der Waals surface area contributed by atoms with Crippen molar-refractivity contribution in [3.05, 3.63) is 22.3 Å². The molecule has 0 spiro atoms. The fourth-order valence-electron chi connectivity index (χ4n) is 2.00. The van der Waals surface area contributed by atoms with Crippen molar-refractivity contribution in [3.8, 4) is 0 Å². The van der Waals surface area contributed by atoms with Crippen LogP contribution in [-0.4, -0.2) is 0 Å². The van der Waals surface area contributed by atoms with Crippen LogP contribution in [0.4, 0.5) is 0 Å². The Kier molecular flexibility index (Phi) is 3.29. The van der Waals surface area contributed by atoms with E-state index in [9.17, 15) is 0 Å². The Hall–Kier alpha value is 1.58. The van der Waals surface area contributed by atoms with Crippen LogP contribution >= 0.6 is 47.9 Å². The standard InChI is InChI=1S/C10H15.5ClH.Ir/c1-6-7(2)9(4)10(5)8(6)3;;;;;;/h1-5H3;5*1H;/q;;;;;;+5/p-5. The van der Waals surface area contributed by atoms with E-state index in [4.69, 9.17) is 47.9 Å². The van der Waals surface area contributed by atoms with Gasteiger partial charge in [0.15, 0.2) is 0 Å². The average molecular weight is 505 g/mol. The van der Waals surface area contributed by atoms with E-state index in [1.165, 1.54) is 0 Å². The van der Waals surface area contributed by atoms with E-state index < -0.39 is 11.7 Å². The van der Waals surface area contributed by atoms with Crippen molar-refractivity contribution in [2.45, 2.75) is 38.5 Å². The molecule has 99 valence electrons. The van der Waals surface area contributed by atoms with Gasteiger partial charge in [-0.05, 0) is 0 Å². The summed E-state index contributed by atoms with van der Waals surface area (Å²) in [4.78, 5) is 0. The Morgan fingerprint density at radius 3 is 1.12 bits per heavy atom. The molecule has 0 heterocycles. The van der Waals surface area contributed by atoms with Gasteiger partial charge in [0.05, 0.1) is 0 Å². The molecule has 0 aliphatic heterocycles. The van der Waals surface area contributed by atoms with Crippen LogP contribution in [0.15, 0.2) is 22.3 Å². The zero-order chi connectivity index (χ0) is 13.2. The minimum atomic E-state index is -5.61. The van der Waals surface area contributed by atoms with Crippen LogP contribution in [0.3, 0.4) is 0 Å². The Morgan fingerprint density at radius 2 is 1.00 bits per heavy atom. The molecule has 0 aromatic rings. The van der Waals surface area contributed by atoms with Crippen molar-refractivity contribution in [1.82, 2.24) is 0 Å². The number of allylic oxidation sites excluding steroid dienone is 4. The average Bonchev–Trinajstić information content (AvgIpc) is 2.18. The molecule has 1 rings (SSSR count). The van der Waals surface area contributed by atoms with E-state index in [-0.39, 0.29) is 0 Å². The quantitative estimate of drug-likeness (QED) is 0.367. The number of hydrogen-bond donors (Lipinski definition) is 0. The van der Waals surface area contributed by atoms with Crippen molar-refractivity contribution in [3.63, 3.8) is 0 Å². The summed E-state index contributed by atoms with van der Waals surface area (Å²) in [6.45, 7) is 9.68. The molecular formula is C10H15Cl5Ir. The van der Waals surface area contributed by atoms with Crippen LogP contribution in [0.1, 0.15) is 34.6 Å². The molecule has 6 heteroatoms. The van der Waals surface area contributed by atoms with Gasteiger partial charge in [0.1, 0.15) is 0 Å². The first-order chi connectivity index (χ1) is 6.63. The van der Waals surface area contributed by atoms with Crippen LogP contribution in [0.25, 0.3) is 0 Å². The van der Waals surface area contributed by atoms with E-state index in [2.05, 4.69) is 0 Å². The van der Waals surface area contributed by atoms with Gasteiger partial charge in [0.2, 0.25) is 0 Å². The van der Waals surface area contributed by atoms with Gasteiger partial charge in [-0.15, -0.1) is 0 Å². The summed E-state index contributed by atoms with van der Waals surface area (Å²) in [5.41, 5.74) is 4.13. The molecule has 0 aromatic carbocycles. The number of halogens is 5. The molecule has 1 aliphatic rings. The maximum absolute atomic E-state index is 6.29. The van der Waals surface area contributed by atoms with Crippen LogP contribution in [0.5, 0.6) is 0 Å². The molecule has 0 atom stereocenters. The van der Waals surface area contributed by atoms with Crippen LogP contribution in [-0.2, 0) is 7.82 Å². The van der Waals surface area contributed by atoms with Crippen LogP contribution in [0, 0.1) is 0 Å². The third-order valence-corrected chi connectivity index (χ3v) is 20.3. The molecule has 0 amide bonds. The monoisotopic (exact) mass is 503 g/mol. The van der Waals surface area contributed by atoms with Gasteiger partial charge in [-0.1, -0.05) is 0 Å². The third kappa shape index (κ3) is 2.01. The van der Waals surface area contributed by atoms with E-state index in [0.717, 1.165) is 22.3 Å². The zero-order valence-electron chi connectivity index (χ0n) is 9.72. The second-order valence-corrected chi connectivity index (χ2v) is 48.7. The zero-order valence-corrected chi connectivity index (χ0v) is 15.9. The Morgan fingerprint density at radius 1 is 0.750 bits per heavy atom. The summed E-state index contributed by atoms with van der Waals surface area (Å²) in [6, 6.07) is 0. The molecule has 0 nitrogen and oxygen atoms in total. The van der Waals surface area contributed by atoms with Gasteiger partial charge in [-0.2, -0.15) is 0 Å². The van der Waals surface area contributed by atoms with E-state index in [1.54, 1.807) is 0 Å². The molecule has 0 saturated heterocycles. The molecule has 0 saturated carbocycles. The summed E-state index contributed by atoms with van der Waals surface area (Å²) < 4.78 is -0.859. The fourth-order valence-corrected chi connectivity index (χ4v) is 14.0. The first kappa shape index (κ1) is 15.6.